The smallest absolute Gasteiger partial charge is 0.224 e. The van der Waals surface area contributed by atoms with Crippen LogP contribution in [0.15, 0.2) is 18.2 Å². The van der Waals surface area contributed by atoms with E-state index in [0.717, 1.165) is 51.4 Å². The van der Waals surface area contributed by atoms with Crippen molar-refractivity contribution < 1.29 is 4.79 Å². The van der Waals surface area contributed by atoms with E-state index in [1.54, 1.807) is 0 Å². The van der Waals surface area contributed by atoms with Crippen molar-refractivity contribution >= 4 is 34.8 Å². The second-order valence-corrected chi connectivity index (χ2v) is 6.89. The lowest BCUT2D eigenvalue weighted by Gasteiger charge is -2.37. The Kier molecular flexibility index (Phi) is 7.00. The van der Waals surface area contributed by atoms with Crippen molar-refractivity contribution in [2.75, 3.05) is 44.2 Å². The SMILES string of the molecule is CCCNC(=O)C(C)CN1CCN(c2ccc(Cl)c(Cl)c2)CC1. The predicted octanol–water partition coefficient (Wildman–Crippen LogP) is 3.28. The highest BCUT2D eigenvalue weighted by atomic mass is 35.5. The van der Waals surface area contributed by atoms with Crippen LogP contribution >= 0.6 is 23.2 Å². The molecule has 1 aromatic carbocycles. The molecular formula is C17H25Cl2N3O. The largest absolute Gasteiger partial charge is 0.369 e. The molecule has 1 unspecified atom stereocenters. The Balaban J connectivity index is 1.81. The summed E-state index contributed by atoms with van der Waals surface area (Å²) in [5.74, 6) is 0.178. The summed E-state index contributed by atoms with van der Waals surface area (Å²) in [6.07, 6.45) is 0.973. The molecule has 1 saturated heterocycles. The van der Waals surface area contributed by atoms with E-state index in [2.05, 4.69) is 22.0 Å². The minimum Gasteiger partial charge on any atom is -0.369 e. The molecule has 4 nitrogen and oxygen atoms in total. The molecule has 1 aromatic rings. The summed E-state index contributed by atoms with van der Waals surface area (Å²) in [5, 5.41) is 4.14. The average Bonchev–Trinajstić information content (AvgIpc) is 2.55. The lowest BCUT2D eigenvalue weighted by Crippen LogP contribution is -2.49. The van der Waals surface area contributed by atoms with Crippen molar-refractivity contribution in [1.82, 2.24) is 10.2 Å². The summed E-state index contributed by atoms with van der Waals surface area (Å²) < 4.78 is 0. The summed E-state index contributed by atoms with van der Waals surface area (Å²) in [5.41, 5.74) is 1.10. The van der Waals surface area contributed by atoms with E-state index in [1.165, 1.54) is 0 Å². The maximum absolute atomic E-state index is 12.0. The third-order valence-electron chi connectivity index (χ3n) is 4.17. The van der Waals surface area contributed by atoms with Crippen molar-refractivity contribution in [2.45, 2.75) is 20.3 Å². The summed E-state index contributed by atoms with van der Waals surface area (Å²) >= 11 is 12.1. The number of benzene rings is 1. The summed E-state index contributed by atoms with van der Waals surface area (Å²) in [6.45, 7) is 9.39. The maximum atomic E-state index is 12.0. The molecule has 128 valence electrons. The molecule has 0 bridgehead atoms. The van der Waals surface area contributed by atoms with Gasteiger partial charge in [-0.25, -0.2) is 0 Å². The van der Waals surface area contributed by atoms with Crippen molar-refractivity contribution in [3.05, 3.63) is 28.2 Å². The van der Waals surface area contributed by atoms with Gasteiger partial charge in [0, 0.05) is 50.9 Å². The molecule has 1 atom stereocenters. The normalized spacial score (nSPS) is 17.1. The van der Waals surface area contributed by atoms with E-state index < -0.39 is 0 Å². The molecule has 0 saturated carbocycles. The number of rotatable bonds is 6. The second-order valence-electron chi connectivity index (χ2n) is 6.08. The fraction of sp³-hybridized carbons (Fsp3) is 0.588. The lowest BCUT2D eigenvalue weighted by atomic mass is 10.1. The Morgan fingerprint density at radius 3 is 2.52 bits per heavy atom. The molecular weight excluding hydrogens is 333 g/mol. The molecule has 1 aliphatic rings. The number of nitrogens with one attached hydrogen (secondary N) is 1. The third-order valence-corrected chi connectivity index (χ3v) is 4.91. The van der Waals surface area contributed by atoms with Crippen molar-refractivity contribution in [3.8, 4) is 0 Å². The van der Waals surface area contributed by atoms with E-state index >= 15 is 0 Å². The van der Waals surface area contributed by atoms with Crippen molar-refractivity contribution in [3.63, 3.8) is 0 Å². The second kappa shape index (κ2) is 8.76. The first-order valence-electron chi connectivity index (χ1n) is 8.21. The number of hydrogen-bond acceptors (Lipinski definition) is 3. The monoisotopic (exact) mass is 357 g/mol. The van der Waals surface area contributed by atoms with Gasteiger partial charge in [0.1, 0.15) is 0 Å². The molecule has 1 amide bonds. The Labute approximate surface area is 148 Å². The molecule has 1 heterocycles. The zero-order chi connectivity index (χ0) is 16.8. The number of hydrogen-bond donors (Lipinski definition) is 1. The Morgan fingerprint density at radius 1 is 1.22 bits per heavy atom. The van der Waals surface area contributed by atoms with Gasteiger partial charge < -0.3 is 10.2 Å². The van der Waals surface area contributed by atoms with Crippen LogP contribution in [0.5, 0.6) is 0 Å². The number of piperazine rings is 1. The van der Waals surface area contributed by atoms with Gasteiger partial charge in [-0.05, 0) is 24.6 Å². The average molecular weight is 358 g/mol. The van der Waals surface area contributed by atoms with Gasteiger partial charge in [0.05, 0.1) is 10.0 Å². The number of nitrogens with zero attached hydrogens (tertiary/aromatic N) is 2. The minimum absolute atomic E-state index is 0.0260. The number of carbonyl (C=O) groups is 1. The minimum atomic E-state index is 0.0260. The summed E-state index contributed by atoms with van der Waals surface area (Å²) in [7, 11) is 0. The van der Waals surface area contributed by atoms with Crippen LogP contribution in [0, 0.1) is 5.92 Å². The van der Waals surface area contributed by atoms with Gasteiger partial charge in [-0.2, -0.15) is 0 Å². The molecule has 0 aliphatic carbocycles. The van der Waals surface area contributed by atoms with Crippen LogP contribution in [0.4, 0.5) is 5.69 Å². The van der Waals surface area contributed by atoms with Crippen LogP contribution in [0.25, 0.3) is 0 Å². The molecule has 2 rings (SSSR count). The summed E-state index contributed by atoms with van der Waals surface area (Å²) in [6, 6.07) is 5.76. The Bertz CT molecular complexity index is 531. The zero-order valence-electron chi connectivity index (χ0n) is 13.8. The molecule has 1 N–H and O–H groups in total. The van der Waals surface area contributed by atoms with E-state index in [9.17, 15) is 4.79 Å². The first kappa shape index (κ1) is 18.4. The fourth-order valence-corrected chi connectivity index (χ4v) is 3.06. The highest BCUT2D eigenvalue weighted by molar-refractivity contribution is 6.42. The molecule has 0 radical (unpaired) electrons. The van der Waals surface area contributed by atoms with Gasteiger partial charge in [-0.3, -0.25) is 9.69 Å². The first-order chi connectivity index (χ1) is 11.0. The number of carbonyl (C=O) groups excluding carboxylic acids is 1. The van der Waals surface area contributed by atoms with Crippen LogP contribution < -0.4 is 10.2 Å². The van der Waals surface area contributed by atoms with Crippen molar-refractivity contribution in [1.29, 1.82) is 0 Å². The van der Waals surface area contributed by atoms with Crippen LogP contribution in [0.1, 0.15) is 20.3 Å². The van der Waals surface area contributed by atoms with E-state index in [4.69, 9.17) is 23.2 Å². The third kappa shape index (κ3) is 5.27. The van der Waals surface area contributed by atoms with Gasteiger partial charge >= 0.3 is 0 Å². The molecule has 6 heteroatoms. The molecule has 23 heavy (non-hydrogen) atoms. The van der Waals surface area contributed by atoms with Gasteiger partial charge in [0.25, 0.3) is 0 Å². The van der Waals surface area contributed by atoms with E-state index in [1.807, 2.05) is 25.1 Å². The molecule has 1 fully saturated rings. The predicted molar refractivity (Wildman–Crippen MR) is 97.6 cm³/mol. The topological polar surface area (TPSA) is 35.6 Å². The van der Waals surface area contributed by atoms with Crippen LogP contribution in [-0.2, 0) is 4.79 Å². The van der Waals surface area contributed by atoms with Crippen LogP contribution in [-0.4, -0.2) is 50.1 Å². The fourth-order valence-electron chi connectivity index (χ4n) is 2.76. The molecule has 1 aliphatic heterocycles. The van der Waals surface area contributed by atoms with Gasteiger partial charge in [-0.15, -0.1) is 0 Å². The highest BCUT2D eigenvalue weighted by Crippen LogP contribution is 2.27. The van der Waals surface area contributed by atoms with Gasteiger partial charge in [0.15, 0.2) is 0 Å². The number of amides is 1. The van der Waals surface area contributed by atoms with Crippen molar-refractivity contribution in [2.24, 2.45) is 5.92 Å². The zero-order valence-corrected chi connectivity index (χ0v) is 15.3. The number of anilines is 1. The quantitative estimate of drug-likeness (QED) is 0.848. The van der Waals surface area contributed by atoms with Gasteiger partial charge in [0.2, 0.25) is 5.91 Å². The Morgan fingerprint density at radius 2 is 1.91 bits per heavy atom. The molecule has 0 aromatic heterocycles. The summed E-state index contributed by atoms with van der Waals surface area (Å²) in [4.78, 5) is 16.6. The molecule has 0 spiro atoms. The van der Waals surface area contributed by atoms with E-state index in [-0.39, 0.29) is 11.8 Å². The van der Waals surface area contributed by atoms with Crippen LogP contribution in [0.2, 0.25) is 10.0 Å². The maximum Gasteiger partial charge on any atom is 0.224 e. The number of halogens is 2. The lowest BCUT2D eigenvalue weighted by molar-refractivity contribution is -0.125. The highest BCUT2D eigenvalue weighted by Gasteiger charge is 2.21. The van der Waals surface area contributed by atoms with Gasteiger partial charge in [-0.1, -0.05) is 37.0 Å². The first-order valence-corrected chi connectivity index (χ1v) is 8.97. The standard InChI is InChI=1S/C17H25Cl2N3O/c1-3-6-20-17(23)13(2)12-21-7-9-22(10-8-21)14-4-5-15(18)16(19)11-14/h4-5,11,13H,3,6-10,12H2,1-2H3,(H,20,23). The Hall–Kier alpha value is -0.970. The van der Waals surface area contributed by atoms with Crippen LogP contribution in [0.3, 0.4) is 0 Å². The van der Waals surface area contributed by atoms with E-state index in [0.29, 0.717) is 10.0 Å².